The molecule has 0 aliphatic rings. The first kappa shape index (κ1) is 19.2. The summed E-state index contributed by atoms with van der Waals surface area (Å²) in [6.45, 7) is 2.43. The van der Waals surface area contributed by atoms with Gasteiger partial charge in [0.25, 0.3) is 0 Å². The van der Waals surface area contributed by atoms with Gasteiger partial charge in [-0.1, -0.05) is 6.07 Å². The Morgan fingerprint density at radius 2 is 1.58 bits per heavy atom. The number of nitrogens with one attached hydrogen (secondary N) is 1. The lowest BCUT2D eigenvalue weighted by atomic mass is 10.2. The highest BCUT2D eigenvalue weighted by atomic mass is 16.5. The Hall–Kier alpha value is -3.15. The molecular weight excluding hydrogens is 334 g/mol. The van der Waals surface area contributed by atoms with Crippen LogP contribution in [0, 0.1) is 0 Å². The van der Waals surface area contributed by atoms with Gasteiger partial charge in [-0.2, -0.15) is 0 Å². The Bertz CT molecular complexity index is 786. The van der Waals surface area contributed by atoms with Crippen LogP contribution in [-0.4, -0.2) is 33.8 Å². The van der Waals surface area contributed by atoms with Crippen molar-refractivity contribution >= 4 is 17.7 Å². The first-order valence-electron chi connectivity index (χ1n) is 8.13. The zero-order valence-electron chi connectivity index (χ0n) is 15.4. The average molecular weight is 357 g/mol. The molecule has 0 atom stereocenters. The van der Waals surface area contributed by atoms with Crippen molar-refractivity contribution in [3.05, 3.63) is 48.0 Å². The van der Waals surface area contributed by atoms with Crippen LogP contribution in [0.2, 0.25) is 0 Å². The maximum Gasteiger partial charge on any atom is 0.248 e. The van der Waals surface area contributed by atoms with Gasteiger partial charge in [0.1, 0.15) is 0 Å². The number of carbonyl (C=O) groups is 1. The summed E-state index contributed by atoms with van der Waals surface area (Å²) < 4.78 is 21.2. The third kappa shape index (κ3) is 4.92. The van der Waals surface area contributed by atoms with E-state index in [1.165, 1.54) is 6.08 Å². The van der Waals surface area contributed by atoms with E-state index in [9.17, 15) is 4.79 Å². The zero-order chi connectivity index (χ0) is 18.9. The molecule has 0 spiro atoms. The highest BCUT2D eigenvalue weighted by molar-refractivity contribution is 6.02. The Kier molecular flexibility index (Phi) is 6.91. The molecule has 0 saturated carbocycles. The Morgan fingerprint density at radius 1 is 0.923 bits per heavy atom. The summed E-state index contributed by atoms with van der Waals surface area (Å²) in [4.78, 5) is 12.1. The second-order valence-electron chi connectivity index (χ2n) is 5.24. The predicted molar refractivity (Wildman–Crippen MR) is 101 cm³/mol. The minimum Gasteiger partial charge on any atom is -0.493 e. The number of amides is 1. The minimum absolute atomic E-state index is 0.258. The van der Waals surface area contributed by atoms with E-state index in [0.29, 0.717) is 35.3 Å². The van der Waals surface area contributed by atoms with Crippen molar-refractivity contribution in [2.45, 2.75) is 6.92 Å². The summed E-state index contributed by atoms with van der Waals surface area (Å²) >= 11 is 0. The fourth-order valence-electron chi connectivity index (χ4n) is 2.34. The van der Waals surface area contributed by atoms with Gasteiger partial charge in [0.2, 0.25) is 5.91 Å². The van der Waals surface area contributed by atoms with Gasteiger partial charge in [0.15, 0.2) is 23.0 Å². The standard InChI is InChI=1S/C20H23NO5/c1-5-26-19-12-14(6-9-17(19)24-3)7-11-20(22)21-15-8-10-16(23-2)18(13-15)25-4/h6-13H,5H2,1-4H3,(H,21,22)/b11-7+. The lowest BCUT2D eigenvalue weighted by molar-refractivity contribution is -0.111. The number of rotatable bonds is 8. The molecule has 0 fully saturated rings. The van der Waals surface area contributed by atoms with Crippen LogP contribution in [0.1, 0.15) is 12.5 Å². The molecule has 0 heterocycles. The fourth-order valence-corrected chi connectivity index (χ4v) is 2.34. The molecule has 2 aromatic carbocycles. The van der Waals surface area contributed by atoms with Gasteiger partial charge >= 0.3 is 0 Å². The van der Waals surface area contributed by atoms with Gasteiger partial charge in [-0.05, 0) is 42.8 Å². The number of anilines is 1. The zero-order valence-corrected chi connectivity index (χ0v) is 15.4. The van der Waals surface area contributed by atoms with E-state index in [4.69, 9.17) is 18.9 Å². The van der Waals surface area contributed by atoms with Crippen LogP contribution in [0.4, 0.5) is 5.69 Å². The normalized spacial score (nSPS) is 10.5. The third-order valence-electron chi connectivity index (χ3n) is 3.57. The maximum absolute atomic E-state index is 12.1. The van der Waals surface area contributed by atoms with E-state index in [2.05, 4.69) is 5.32 Å². The molecule has 2 rings (SSSR count). The topological polar surface area (TPSA) is 66.0 Å². The van der Waals surface area contributed by atoms with Crippen LogP contribution in [-0.2, 0) is 4.79 Å². The van der Waals surface area contributed by atoms with Crippen molar-refractivity contribution < 1.29 is 23.7 Å². The number of hydrogen-bond donors (Lipinski definition) is 1. The van der Waals surface area contributed by atoms with Gasteiger partial charge in [-0.3, -0.25) is 4.79 Å². The molecule has 0 saturated heterocycles. The largest absolute Gasteiger partial charge is 0.493 e. The first-order chi connectivity index (χ1) is 12.6. The van der Waals surface area contributed by atoms with Crippen LogP contribution in [0.25, 0.3) is 6.08 Å². The van der Waals surface area contributed by atoms with E-state index in [1.54, 1.807) is 51.7 Å². The van der Waals surface area contributed by atoms with Crippen molar-refractivity contribution in [1.82, 2.24) is 0 Å². The Labute approximate surface area is 153 Å². The molecule has 1 N–H and O–H groups in total. The van der Waals surface area contributed by atoms with Crippen molar-refractivity contribution in [2.24, 2.45) is 0 Å². The van der Waals surface area contributed by atoms with Crippen molar-refractivity contribution in [3.63, 3.8) is 0 Å². The Balaban J connectivity index is 2.08. The summed E-state index contributed by atoms with van der Waals surface area (Å²) in [5, 5.41) is 2.78. The number of carbonyl (C=O) groups excluding carboxylic acids is 1. The van der Waals surface area contributed by atoms with E-state index in [-0.39, 0.29) is 5.91 Å². The summed E-state index contributed by atoms with van der Waals surface area (Å²) in [5.74, 6) is 2.18. The van der Waals surface area contributed by atoms with Gasteiger partial charge in [-0.25, -0.2) is 0 Å². The highest BCUT2D eigenvalue weighted by Crippen LogP contribution is 2.30. The molecule has 0 radical (unpaired) electrons. The number of hydrogen-bond acceptors (Lipinski definition) is 5. The Morgan fingerprint density at radius 3 is 2.23 bits per heavy atom. The van der Waals surface area contributed by atoms with E-state index in [1.807, 2.05) is 19.1 Å². The van der Waals surface area contributed by atoms with Crippen LogP contribution in [0.5, 0.6) is 23.0 Å². The van der Waals surface area contributed by atoms with Gasteiger partial charge in [0.05, 0.1) is 27.9 Å². The molecule has 0 unspecified atom stereocenters. The lowest BCUT2D eigenvalue weighted by Crippen LogP contribution is -2.08. The smallest absolute Gasteiger partial charge is 0.248 e. The lowest BCUT2D eigenvalue weighted by Gasteiger charge is -2.10. The predicted octanol–water partition coefficient (Wildman–Crippen LogP) is 3.76. The van der Waals surface area contributed by atoms with Crippen LogP contribution in [0.3, 0.4) is 0 Å². The van der Waals surface area contributed by atoms with E-state index in [0.717, 1.165) is 5.56 Å². The van der Waals surface area contributed by atoms with Gasteiger partial charge in [0, 0.05) is 17.8 Å². The maximum atomic E-state index is 12.1. The van der Waals surface area contributed by atoms with Crippen LogP contribution < -0.4 is 24.3 Å². The quantitative estimate of drug-likeness (QED) is 0.729. The second-order valence-corrected chi connectivity index (χ2v) is 5.24. The molecule has 26 heavy (non-hydrogen) atoms. The van der Waals surface area contributed by atoms with Gasteiger partial charge in [-0.15, -0.1) is 0 Å². The SMILES string of the molecule is CCOc1cc(/C=C/C(=O)Nc2ccc(OC)c(OC)c2)ccc1OC. The highest BCUT2D eigenvalue weighted by Gasteiger charge is 2.07. The van der Waals surface area contributed by atoms with Crippen LogP contribution >= 0.6 is 0 Å². The summed E-state index contributed by atoms with van der Waals surface area (Å²) in [6.07, 6.45) is 3.16. The molecule has 138 valence electrons. The molecule has 0 aliphatic carbocycles. The molecule has 1 amide bonds. The molecule has 0 bridgehead atoms. The van der Waals surface area contributed by atoms with E-state index < -0.39 is 0 Å². The molecule has 0 aliphatic heterocycles. The number of ether oxygens (including phenoxy) is 4. The van der Waals surface area contributed by atoms with E-state index >= 15 is 0 Å². The third-order valence-corrected chi connectivity index (χ3v) is 3.57. The summed E-state index contributed by atoms with van der Waals surface area (Å²) in [7, 11) is 4.69. The molecule has 2 aromatic rings. The van der Waals surface area contributed by atoms with Crippen molar-refractivity contribution in [2.75, 3.05) is 33.3 Å². The molecule has 6 nitrogen and oxygen atoms in total. The van der Waals surface area contributed by atoms with Crippen molar-refractivity contribution in [3.8, 4) is 23.0 Å². The first-order valence-corrected chi connectivity index (χ1v) is 8.13. The number of methoxy groups -OCH3 is 3. The summed E-state index contributed by atoms with van der Waals surface area (Å²) in [6, 6.07) is 10.6. The molecule has 0 aromatic heterocycles. The van der Waals surface area contributed by atoms with Crippen LogP contribution in [0.15, 0.2) is 42.5 Å². The second kappa shape index (κ2) is 9.36. The average Bonchev–Trinajstić information content (AvgIpc) is 2.66. The van der Waals surface area contributed by atoms with Gasteiger partial charge < -0.3 is 24.3 Å². The number of benzene rings is 2. The minimum atomic E-state index is -0.258. The molecular formula is C20H23NO5. The molecule has 6 heteroatoms. The monoisotopic (exact) mass is 357 g/mol. The fraction of sp³-hybridized carbons (Fsp3) is 0.250. The summed E-state index contributed by atoms with van der Waals surface area (Å²) in [5.41, 5.74) is 1.44. The van der Waals surface area contributed by atoms with Crippen molar-refractivity contribution in [1.29, 1.82) is 0 Å².